The van der Waals surface area contributed by atoms with E-state index in [1.54, 1.807) is 24.3 Å². The van der Waals surface area contributed by atoms with Crippen molar-refractivity contribution in [1.82, 2.24) is 0 Å². The largest absolute Gasteiger partial charge is 0.488 e. The summed E-state index contributed by atoms with van der Waals surface area (Å²) in [5.74, 6) is -0.600. The Morgan fingerprint density at radius 1 is 1.12 bits per heavy atom. The molecule has 24 heavy (non-hydrogen) atoms. The Morgan fingerprint density at radius 2 is 1.75 bits per heavy atom. The van der Waals surface area contributed by atoms with E-state index in [1.165, 1.54) is 6.07 Å². The van der Waals surface area contributed by atoms with Crippen LogP contribution in [0.25, 0.3) is 0 Å². The number of carboxylic acids is 1. The van der Waals surface area contributed by atoms with Gasteiger partial charge in [-0.3, -0.25) is 0 Å². The molecule has 0 aliphatic rings. The van der Waals surface area contributed by atoms with Crippen LogP contribution in [0.5, 0.6) is 5.75 Å². The Morgan fingerprint density at radius 3 is 2.25 bits per heavy atom. The fourth-order valence-electron chi connectivity index (χ4n) is 2.07. The zero-order valence-electron chi connectivity index (χ0n) is 13.1. The van der Waals surface area contributed by atoms with E-state index in [2.05, 4.69) is 5.32 Å². The zero-order chi connectivity index (χ0) is 17.9. The summed E-state index contributed by atoms with van der Waals surface area (Å²) in [4.78, 5) is 10.9. The lowest BCUT2D eigenvalue weighted by Gasteiger charge is -2.15. The fourth-order valence-corrected chi connectivity index (χ4v) is 2.95. The Hall–Kier alpha value is -1.62. The number of rotatable bonds is 6. The van der Waals surface area contributed by atoms with Crippen molar-refractivity contribution in [2.75, 3.05) is 5.32 Å². The molecule has 2 rings (SSSR count). The predicted octanol–water partition coefficient (Wildman–Crippen LogP) is 5.74. The molecule has 0 saturated carbocycles. The minimum absolute atomic E-state index is 0.0288. The molecule has 0 atom stereocenters. The number of carbonyl (C=O) groups is 1. The molecular weight excluding hydrogens is 373 g/mol. The van der Waals surface area contributed by atoms with Crippen LogP contribution in [0.2, 0.25) is 15.1 Å². The third-order valence-electron chi connectivity index (χ3n) is 3.11. The number of benzene rings is 2. The first kappa shape index (κ1) is 18.7. The standard InChI is InChI=1S/C17H16Cl3NO3/c1-9(2)24-16-14(19)5-10(6-15(16)20)8-21-11-3-4-12(17(22)23)13(18)7-11/h3-7,9,21H,8H2,1-2H3,(H,22,23). The molecule has 0 spiro atoms. The SMILES string of the molecule is CC(C)Oc1c(Cl)cc(CNc2ccc(C(=O)O)c(Cl)c2)cc1Cl. The molecule has 0 fully saturated rings. The first-order chi connectivity index (χ1) is 11.3. The highest BCUT2D eigenvalue weighted by Gasteiger charge is 2.12. The van der Waals surface area contributed by atoms with Gasteiger partial charge in [-0.15, -0.1) is 0 Å². The summed E-state index contributed by atoms with van der Waals surface area (Å²) in [5, 5.41) is 13.2. The van der Waals surface area contributed by atoms with Gasteiger partial charge in [0.15, 0.2) is 5.75 Å². The lowest BCUT2D eigenvalue weighted by molar-refractivity contribution is 0.0697. The highest BCUT2D eigenvalue weighted by atomic mass is 35.5. The Kier molecular flexibility index (Phi) is 6.21. The lowest BCUT2D eigenvalue weighted by atomic mass is 10.2. The first-order valence-electron chi connectivity index (χ1n) is 7.19. The highest BCUT2D eigenvalue weighted by molar-refractivity contribution is 6.37. The molecule has 0 unspecified atom stereocenters. The van der Waals surface area contributed by atoms with E-state index in [-0.39, 0.29) is 16.7 Å². The van der Waals surface area contributed by atoms with E-state index >= 15 is 0 Å². The van der Waals surface area contributed by atoms with Gasteiger partial charge in [-0.2, -0.15) is 0 Å². The molecule has 7 heteroatoms. The van der Waals surface area contributed by atoms with E-state index in [0.29, 0.717) is 28.0 Å². The van der Waals surface area contributed by atoms with E-state index in [1.807, 2.05) is 13.8 Å². The summed E-state index contributed by atoms with van der Waals surface area (Å²) < 4.78 is 5.59. The average Bonchev–Trinajstić information content (AvgIpc) is 2.48. The van der Waals surface area contributed by atoms with E-state index in [0.717, 1.165) is 5.56 Å². The summed E-state index contributed by atoms with van der Waals surface area (Å²) in [7, 11) is 0. The van der Waals surface area contributed by atoms with Gasteiger partial charge in [0.05, 0.1) is 26.7 Å². The molecule has 0 aliphatic heterocycles. The number of hydrogen-bond donors (Lipinski definition) is 2. The number of ether oxygens (including phenoxy) is 1. The number of carboxylic acid groups (broad SMARTS) is 1. The van der Waals surface area contributed by atoms with Crippen LogP contribution < -0.4 is 10.1 Å². The molecular formula is C17H16Cl3NO3. The van der Waals surface area contributed by atoms with Gasteiger partial charge in [0.1, 0.15) is 0 Å². The second-order valence-electron chi connectivity index (χ2n) is 5.41. The van der Waals surface area contributed by atoms with E-state index < -0.39 is 5.97 Å². The van der Waals surface area contributed by atoms with Gasteiger partial charge in [0.2, 0.25) is 0 Å². The second kappa shape index (κ2) is 7.97. The van der Waals surface area contributed by atoms with Crippen molar-refractivity contribution >= 4 is 46.5 Å². The molecule has 0 heterocycles. The van der Waals surface area contributed by atoms with Crippen molar-refractivity contribution in [1.29, 1.82) is 0 Å². The third-order valence-corrected chi connectivity index (χ3v) is 3.98. The molecule has 128 valence electrons. The second-order valence-corrected chi connectivity index (χ2v) is 6.63. The average molecular weight is 389 g/mol. The van der Waals surface area contributed by atoms with Crippen molar-refractivity contribution < 1.29 is 14.6 Å². The van der Waals surface area contributed by atoms with E-state index in [4.69, 9.17) is 44.6 Å². The van der Waals surface area contributed by atoms with Crippen LogP contribution in [-0.2, 0) is 6.54 Å². The van der Waals surface area contributed by atoms with Crippen LogP contribution in [0.15, 0.2) is 30.3 Å². The number of anilines is 1. The summed E-state index contributed by atoms with van der Waals surface area (Å²) >= 11 is 18.4. The molecule has 0 radical (unpaired) electrons. The van der Waals surface area contributed by atoms with Gasteiger partial charge >= 0.3 is 5.97 Å². The maximum atomic E-state index is 10.9. The van der Waals surface area contributed by atoms with Crippen LogP contribution in [-0.4, -0.2) is 17.2 Å². The van der Waals surface area contributed by atoms with Crippen molar-refractivity contribution in [2.24, 2.45) is 0 Å². The monoisotopic (exact) mass is 387 g/mol. The number of nitrogens with one attached hydrogen (secondary N) is 1. The van der Waals surface area contributed by atoms with Gasteiger partial charge < -0.3 is 15.2 Å². The smallest absolute Gasteiger partial charge is 0.337 e. The summed E-state index contributed by atoms with van der Waals surface area (Å²) in [6.07, 6.45) is -0.0288. The van der Waals surface area contributed by atoms with Crippen LogP contribution in [0.1, 0.15) is 29.8 Å². The molecule has 2 aromatic rings. The van der Waals surface area contributed by atoms with Gasteiger partial charge in [0.25, 0.3) is 0 Å². The molecule has 4 nitrogen and oxygen atoms in total. The van der Waals surface area contributed by atoms with Crippen molar-refractivity contribution in [3.8, 4) is 5.75 Å². The van der Waals surface area contributed by atoms with Gasteiger partial charge in [0, 0.05) is 12.2 Å². The van der Waals surface area contributed by atoms with Crippen molar-refractivity contribution in [3.05, 3.63) is 56.5 Å². The molecule has 0 amide bonds. The first-order valence-corrected chi connectivity index (χ1v) is 8.32. The molecule has 0 saturated heterocycles. The summed E-state index contributed by atoms with van der Waals surface area (Å²) in [6, 6.07) is 8.20. The number of hydrogen-bond acceptors (Lipinski definition) is 3. The summed E-state index contributed by atoms with van der Waals surface area (Å²) in [5.41, 5.74) is 1.61. The van der Waals surface area contributed by atoms with Gasteiger partial charge in [-0.25, -0.2) is 4.79 Å². The molecule has 2 N–H and O–H groups in total. The van der Waals surface area contributed by atoms with Gasteiger partial charge in [-0.1, -0.05) is 34.8 Å². The van der Waals surface area contributed by atoms with Crippen molar-refractivity contribution in [3.63, 3.8) is 0 Å². The number of aromatic carboxylic acids is 1. The molecule has 0 aromatic heterocycles. The van der Waals surface area contributed by atoms with Crippen LogP contribution >= 0.6 is 34.8 Å². The summed E-state index contributed by atoms with van der Waals surface area (Å²) in [6.45, 7) is 4.24. The van der Waals surface area contributed by atoms with Crippen LogP contribution in [0.4, 0.5) is 5.69 Å². The van der Waals surface area contributed by atoms with Crippen LogP contribution in [0.3, 0.4) is 0 Å². The quantitative estimate of drug-likeness (QED) is 0.662. The number of halogens is 3. The fraction of sp³-hybridized carbons (Fsp3) is 0.235. The zero-order valence-corrected chi connectivity index (χ0v) is 15.3. The highest BCUT2D eigenvalue weighted by Crippen LogP contribution is 2.35. The Balaban J connectivity index is 2.12. The minimum atomic E-state index is -1.06. The molecule has 2 aromatic carbocycles. The minimum Gasteiger partial charge on any atom is -0.488 e. The predicted molar refractivity (Wildman–Crippen MR) is 98.0 cm³/mol. The third kappa shape index (κ3) is 4.69. The van der Waals surface area contributed by atoms with Gasteiger partial charge in [-0.05, 0) is 49.7 Å². The normalized spacial score (nSPS) is 10.8. The maximum absolute atomic E-state index is 10.9. The van der Waals surface area contributed by atoms with E-state index in [9.17, 15) is 4.79 Å². The van der Waals surface area contributed by atoms with Crippen LogP contribution in [0, 0.1) is 0 Å². The molecule has 0 aliphatic carbocycles. The molecule has 0 bridgehead atoms. The Labute approximate surface area is 155 Å². The van der Waals surface area contributed by atoms with Crippen molar-refractivity contribution in [2.45, 2.75) is 26.5 Å². The topological polar surface area (TPSA) is 58.6 Å². The maximum Gasteiger partial charge on any atom is 0.337 e. The Bertz CT molecular complexity index is 740. The lowest BCUT2D eigenvalue weighted by Crippen LogP contribution is -2.07.